The summed E-state index contributed by atoms with van der Waals surface area (Å²) in [5.74, 6) is 1.68. The predicted molar refractivity (Wildman–Crippen MR) is 166 cm³/mol. The van der Waals surface area contributed by atoms with E-state index in [0.29, 0.717) is 39.0 Å². The van der Waals surface area contributed by atoms with Gasteiger partial charge in [0.1, 0.15) is 35.0 Å². The third-order valence-corrected chi connectivity index (χ3v) is 8.85. The molecule has 11 nitrogen and oxygen atoms in total. The molecule has 2 aliphatic rings. The van der Waals surface area contributed by atoms with E-state index in [2.05, 4.69) is 40.3 Å². The number of amides is 1. The van der Waals surface area contributed by atoms with Gasteiger partial charge in [0.05, 0.1) is 16.9 Å². The molecule has 0 saturated carbocycles. The SMILES string of the molecule is Cc1nc(Nc2ncc(C(=O)Nc3c(C)cccc3Cl)s2)cc(N2CCN(CCOC(=O)[C@H](C)N3CCCC3)CC2)n1. The standard InChI is InChI=1S/C29H37ClN8O3S/c1-19-7-6-8-22(30)26(19)35-27(39)23-18-31-29(42-23)34-24-17-25(33-21(3)32-24)38-13-11-36(12-14-38)15-16-41-28(40)20(2)37-9-4-5-10-37/h6-8,17-18,20H,4-5,9-16H2,1-3H3,(H,35,39)(H,31,32,33,34)/t20-/m0/s1. The second-order valence-electron chi connectivity index (χ2n) is 10.6. The van der Waals surface area contributed by atoms with E-state index in [-0.39, 0.29) is 17.9 Å². The van der Waals surface area contributed by atoms with Gasteiger partial charge < -0.3 is 20.3 Å². The van der Waals surface area contributed by atoms with Crippen molar-refractivity contribution in [1.82, 2.24) is 24.8 Å². The van der Waals surface area contributed by atoms with Crippen LogP contribution in [0.15, 0.2) is 30.5 Å². The van der Waals surface area contributed by atoms with Crippen LogP contribution in [0.3, 0.4) is 0 Å². The number of nitrogens with one attached hydrogen (secondary N) is 2. The van der Waals surface area contributed by atoms with Crippen molar-refractivity contribution >= 4 is 57.3 Å². The van der Waals surface area contributed by atoms with Gasteiger partial charge in [0.15, 0.2) is 5.13 Å². The van der Waals surface area contributed by atoms with Crippen molar-refractivity contribution in [2.24, 2.45) is 0 Å². The highest BCUT2D eigenvalue weighted by molar-refractivity contribution is 7.17. The summed E-state index contributed by atoms with van der Waals surface area (Å²) in [5, 5.41) is 7.15. The number of hydrogen-bond acceptors (Lipinski definition) is 11. The maximum absolute atomic E-state index is 12.8. The molecule has 42 heavy (non-hydrogen) atoms. The molecule has 3 aromatic rings. The molecule has 2 fully saturated rings. The van der Waals surface area contributed by atoms with Gasteiger partial charge in [0, 0.05) is 38.8 Å². The summed E-state index contributed by atoms with van der Waals surface area (Å²) in [6.45, 7) is 12.1. The van der Waals surface area contributed by atoms with Crippen LogP contribution in [-0.2, 0) is 9.53 Å². The second-order valence-corrected chi connectivity index (χ2v) is 12.1. The van der Waals surface area contributed by atoms with E-state index in [1.807, 2.05) is 39.0 Å². The number of piperazine rings is 1. The van der Waals surface area contributed by atoms with Crippen LogP contribution >= 0.6 is 22.9 Å². The average Bonchev–Trinajstić information content (AvgIpc) is 3.68. The molecule has 1 aromatic carbocycles. The van der Waals surface area contributed by atoms with Crippen molar-refractivity contribution in [3.05, 3.63) is 51.7 Å². The molecule has 0 unspecified atom stereocenters. The number of thiazole rings is 1. The van der Waals surface area contributed by atoms with Crippen LogP contribution in [0.25, 0.3) is 0 Å². The molecule has 0 aliphatic carbocycles. The Labute approximate surface area is 255 Å². The number of ether oxygens (including phenoxy) is 1. The lowest BCUT2D eigenvalue weighted by Crippen LogP contribution is -2.48. The molecule has 0 radical (unpaired) electrons. The highest BCUT2D eigenvalue weighted by Crippen LogP contribution is 2.28. The molecule has 2 aliphatic heterocycles. The number of rotatable bonds is 10. The van der Waals surface area contributed by atoms with E-state index >= 15 is 0 Å². The van der Waals surface area contributed by atoms with Crippen molar-refractivity contribution in [2.45, 2.75) is 39.7 Å². The van der Waals surface area contributed by atoms with Crippen LogP contribution in [0.1, 0.15) is 40.8 Å². The third kappa shape index (κ3) is 7.54. The number of anilines is 4. The zero-order valence-electron chi connectivity index (χ0n) is 24.2. The summed E-state index contributed by atoms with van der Waals surface area (Å²) in [7, 11) is 0. The molecule has 13 heteroatoms. The molecular formula is C29H37ClN8O3S. The lowest BCUT2D eigenvalue weighted by Gasteiger charge is -2.35. The first-order valence-corrected chi connectivity index (χ1v) is 15.5. The van der Waals surface area contributed by atoms with Gasteiger partial charge in [0.25, 0.3) is 5.91 Å². The van der Waals surface area contributed by atoms with Crippen LogP contribution in [-0.4, -0.2) is 95.1 Å². The van der Waals surface area contributed by atoms with Crippen molar-refractivity contribution in [3.8, 4) is 0 Å². The van der Waals surface area contributed by atoms with Gasteiger partial charge in [-0.15, -0.1) is 0 Å². The normalized spacial score (nSPS) is 16.8. The molecule has 1 atom stereocenters. The average molecular weight is 613 g/mol. The number of aromatic nitrogens is 3. The highest BCUT2D eigenvalue weighted by atomic mass is 35.5. The number of likely N-dealkylation sites (tertiary alicyclic amines) is 1. The maximum Gasteiger partial charge on any atom is 0.323 e. The number of para-hydroxylation sites is 1. The molecule has 224 valence electrons. The fourth-order valence-electron chi connectivity index (χ4n) is 5.16. The van der Waals surface area contributed by atoms with E-state index in [4.69, 9.17) is 16.3 Å². The summed E-state index contributed by atoms with van der Waals surface area (Å²) in [5.41, 5.74) is 1.48. The Morgan fingerprint density at radius 1 is 1.10 bits per heavy atom. The molecule has 5 rings (SSSR count). The van der Waals surface area contributed by atoms with E-state index in [9.17, 15) is 9.59 Å². The zero-order valence-corrected chi connectivity index (χ0v) is 25.8. The summed E-state index contributed by atoms with van der Waals surface area (Å²) in [6.07, 6.45) is 3.84. The number of benzene rings is 1. The first-order chi connectivity index (χ1) is 20.3. The molecular weight excluding hydrogens is 576 g/mol. The molecule has 4 heterocycles. The fraction of sp³-hybridized carbons (Fsp3) is 0.483. The smallest absolute Gasteiger partial charge is 0.323 e. The maximum atomic E-state index is 12.8. The van der Waals surface area contributed by atoms with Crippen molar-refractivity contribution < 1.29 is 14.3 Å². The minimum Gasteiger partial charge on any atom is -0.463 e. The number of carbonyl (C=O) groups excluding carboxylic acids is 2. The summed E-state index contributed by atoms with van der Waals surface area (Å²) < 4.78 is 5.57. The second kappa shape index (κ2) is 13.8. The van der Waals surface area contributed by atoms with Crippen molar-refractivity contribution in [2.75, 3.05) is 68.0 Å². The van der Waals surface area contributed by atoms with Gasteiger partial charge in [-0.05, 0) is 58.3 Å². The summed E-state index contributed by atoms with van der Waals surface area (Å²) >= 11 is 7.50. The lowest BCUT2D eigenvalue weighted by atomic mass is 10.2. The van der Waals surface area contributed by atoms with Crippen LogP contribution < -0.4 is 15.5 Å². The van der Waals surface area contributed by atoms with Crippen LogP contribution in [0, 0.1) is 13.8 Å². The number of carbonyl (C=O) groups is 2. The van der Waals surface area contributed by atoms with Gasteiger partial charge >= 0.3 is 5.97 Å². The summed E-state index contributed by atoms with van der Waals surface area (Å²) in [4.78, 5) is 45.9. The van der Waals surface area contributed by atoms with Crippen LogP contribution in [0.5, 0.6) is 0 Å². The number of nitrogens with zero attached hydrogens (tertiary/aromatic N) is 6. The molecule has 2 saturated heterocycles. The number of esters is 1. The Balaban J connectivity index is 1.11. The molecule has 0 spiro atoms. The van der Waals surface area contributed by atoms with E-state index in [1.165, 1.54) is 17.5 Å². The first kappa shape index (κ1) is 30.1. The van der Waals surface area contributed by atoms with Gasteiger partial charge in [-0.2, -0.15) is 0 Å². The van der Waals surface area contributed by atoms with Crippen LogP contribution in [0.4, 0.5) is 22.5 Å². The number of aryl methyl sites for hydroxylation is 2. The number of hydrogen-bond donors (Lipinski definition) is 2. The van der Waals surface area contributed by atoms with Gasteiger partial charge in [0.2, 0.25) is 0 Å². The quantitative estimate of drug-likeness (QED) is 0.320. The monoisotopic (exact) mass is 612 g/mol. The largest absolute Gasteiger partial charge is 0.463 e. The lowest BCUT2D eigenvalue weighted by molar-refractivity contribution is -0.149. The van der Waals surface area contributed by atoms with Crippen molar-refractivity contribution in [1.29, 1.82) is 0 Å². The zero-order chi connectivity index (χ0) is 29.6. The van der Waals surface area contributed by atoms with Gasteiger partial charge in [-0.25, -0.2) is 15.0 Å². The summed E-state index contributed by atoms with van der Waals surface area (Å²) in [6, 6.07) is 7.21. The van der Waals surface area contributed by atoms with E-state index in [0.717, 1.165) is 70.0 Å². The van der Waals surface area contributed by atoms with Crippen LogP contribution in [0.2, 0.25) is 5.02 Å². The Bertz CT molecular complexity index is 1390. The van der Waals surface area contributed by atoms with Gasteiger partial charge in [-0.3, -0.25) is 19.4 Å². The molecule has 0 bridgehead atoms. The topological polar surface area (TPSA) is 116 Å². The highest BCUT2D eigenvalue weighted by Gasteiger charge is 2.26. The molecule has 2 N–H and O–H groups in total. The number of halogens is 1. The Morgan fingerprint density at radius 3 is 2.60 bits per heavy atom. The minimum atomic E-state index is -0.273. The van der Waals surface area contributed by atoms with E-state index < -0.39 is 0 Å². The Kier molecular flexibility index (Phi) is 9.88. The van der Waals surface area contributed by atoms with Crippen molar-refractivity contribution in [3.63, 3.8) is 0 Å². The molecule has 2 aromatic heterocycles. The third-order valence-electron chi connectivity index (χ3n) is 7.63. The molecule has 1 amide bonds. The fourth-order valence-corrected chi connectivity index (χ4v) is 6.15. The minimum absolute atomic E-state index is 0.129. The van der Waals surface area contributed by atoms with E-state index in [1.54, 1.807) is 6.07 Å². The predicted octanol–water partition coefficient (Wildman–Crippen LogP) is 4.35. The Morgan fingerprint density at radius 2 is 1.86 bits per heavy atom. The first-order valence-electron chi connectivity index (χ1n) is 14.3. The Hall–Kier alpha value is -3.32. The van der Waals surface area contributed by atoms with Gasteiger partial charge in [-0.1, -0.05) is 35.1 Å².